The van der Waals surface area contributed by atoms with Crippen LogP contribution in [-0.2, 0) is 13.1 Å². The molecule has 0 bridgehead atoms. The van der Waals surface area contributed by atoms with Crippen molar-refractivity contribution in [1.29, 1.82) is 0 Å². The van der Waals surface area contributed by atoms with Crippen molar-refractivity contribution in [2.24, 2.45) is 0 Å². The van der Waals surface area contributed by atoms with E-state index in [9.17, 15) is 4.79 Å². The third kappa shape index (κ3) is 4.47. The molecule has 122 valence electrons. The monoisotopic (exact) mass is 340 g/mol. The number of carbonyl (C=O) groups excluding carboxylic acids is 1. The molecule has 1 heterocycles. The van der Waals surface area contributed by atoms with E-state index in [2.05, 4.69) is 10.6 Å². The highest BCUT2D eigenvalue weighted by Crippen LogP contribution is 2.14. The van der Waals surface area contributed by atoms with E-state index in [1.807, 2.05) is 36.4 Å². The molecule has 3 rings (SSSR count). The molecule has 0 unspecified atom stereocenters. The largest absolute Gasteiger partial charge is 0.468 e. The highest BCUT2D eigenvalue weighted by atomic mass is 35.5. The van der Waals surface area contributed by atoms with Crippen LogP contribution in [0.1, 0.15) is 21.7 Å². The van der Waals surface area contributed by atoms with E-state index < -0.39 is 0 Å². The maximum atomic E-state index is 12.2. The summed E-state index contributed by atoms with van der Waals surface area (Å²) in [5.74, 6) is 0.731. The Bertz CT molecular complexity index is 798. The summed E-state index contributed by atoms with van der Waals surface area (Å²) >= 11 is 5.84. The summed E-state index contributed by atoms with van der Waals surface area (Å²) in [6.07, 6.45) is 1.66. The molecular formula is C19H17ClN2O2. The van der Waals surface area contributed by atoms with Crippen molar-refractivity contribution < 1.29 is 9.21 Å². The third-order valence-corrected chi connectivity index (χ3v) is 3.75. The van der Waals surface area contributed by atoms with E-state index in [-0.39, 0.29) is 5.91 Å². The van der Waals surface area contributed by atoms with Crippen molar-refractivity contribution in [3.63, 3.8) is 0 Å². The van der Waals surface area contributed by atoms with Gasteiger partial charge in [0.25, 0.3) is 5.91 Å². The Labute approximate surface area is 145 Å². The molecule has 0 radical (unpaired) electrons. The second-order valence-corrected chi connectivity index (χ2v) is 5.78. The quantitative estimate of drug-likeness (QED) is 0.695. The molecule has 0 spiro atoms. The van der Waals surface area contributed by atoms with E-state index in [4.69, 9.17) is 16.0 Å². The minimum absolute atomic E-state index is 0.160. The first kappa shape index (κ1) is 16.3. The molecule has 1 amide bonds. The second-order valence-electron chi connectivity index (χ2n) is 5.34. The van der Waals surface area contributed by atoms with Crippen LogP contribution in [0.3, 0.4) is 0 Å². The van der Waals surface area contributed by atoms with Crippen LogP contribution >= 0.6 is 11.6 Å². The van der Waals surface area contributed by atoms with E-state index in [1.54, 1.807) is 30.5 Å². The lowest BCUT2D eigenvalue weighted by Gasteiger charge is -2.08. The molecular weight excluding hydrogens is 324 g/mol. The smallest absolute Gasteiger partial charge is 0.255 e. The molecule has 1 aromatic heterocycles. The Hall–Kier alpha value is -2.56. The first-order chi connectivity index (χ1) is 11.7. The van der Waals surface area contributed by atoms with Gasteiger partial charge in [-0.3, -0.25) is 4.79 Å². The van der Waals surface area contributed by atoms with E-state index in [0.717, 1.165) is 17.0 Å². The fraction of sp³-hybridized carbons (Fsp3) is 0.105. The predicted octanol–water partition coefficient (Wildman–Crippen LogP) is 4.48. The van der Waals surface area contributed by atoms with Crippen LogP contribution in [0.15, 0.2) is 71.3 Å². The van der Waals surface area contributed by atoms with Gasteiger partial charge in [-0.1, -0.05) is 23.7 Å². The third-order valence-electron chi connectivity index (χ3n) is 3.50. The molecule has 2 N–H and O–H groups in total. The van der Waals surface area contributed by atoms with Gasteiger partial charge in [-0.15, -0.1) is 0 Å². The number of furan rings is 1. The number of benzene rings is 2. The van der Waals surface area contributed by atoms with Crippen molar-refractivity contribution in [3.05, 3.63) is 88.8 Å². The van der Waals surface area contributed by atoms with E-state index in [1.165, 1.54) is 0 Å². The lowest BCUT2D eigenvalue weighted by atomic mass is 10.1. The number of hydrogen-bond acceptors (Lipinski definition) is 3. The summed E-state index contributed by atoms with van der Waals surface area (Å²) in [5.41, 5.74) is 2.41. The molecule has 0 saturated heterocycles. The first-order valence-electron chi connectivity index (χ1n) is 7.60. The summed E-state index contributed by atoms with van der Waals surface area (Å²) < 4.78 is 5.28. The van der Waals surface area contributed by atoms with Crippen molar-refractivity contribution in [3.8, 4) is 0 Å². The van der Waals surface area contributed by atoms with Crippen LogP contribution in [0.2, 0.25) is 5.02 Å². The zero-order valence-electron chi connectivity index (χ0n) is 13.0. The highest BCUT2D eigenvalue weighted by molar-refractivity contribution is 6.30. The van der Waals surface area contributed by atoms with Gasteiger partial charge in [0.1, 0.15) is 5.76 Å². The molecule has 3 aromatic rings. The van der Waals surface area contributed by atoms with Gasteiger partial charge in [0.2, 0.25) is 0 Å². The fourth-order valence-corrected chi connectivity index (χ4v) is 2.43. The summed E-state index contributed by atoms with van der Waals surface area (Å²) in [7, 11) is 0. The Morgan fingerprint density at radius 3 is 2.58 bits per heavy atom. The van der Waals surface area contributed by atoms with Gasteiger partial charge in [-0.05, 0) is 54.1 Å². The molecule has 0 saturated carbocycles. The number of halogens is 1. The lowest BCUT2D eigenvalue weighted by molar-refractivity contribution is 0.102. The number of rotatable bonds is 6. The van der Waals surface area contributed by atoms with Crippen LogP contribution in [0.4, 0.5) is 5.69 Å². The average Bonchev–Trinajstić information content (AvgIpc) is 3.09. The van der Waals surface area contributed by atoms with Crippen molar-refractivity contribution in [2.45, 2.75) is 13.1 Å². The number of nitrogens with one attached hydrogen (secondary N) is 2. The Kier molecular flexibility index (Phi) is 5.31. The molecule has 0 aliphatic heterocycles. The number of carbonyl (C=O) groups is 1. The van der Waals surface area contributed by atoms with Crippen LogP contribution in [-0.4, -0.2) is 5.91 Å². The molecule has 0 atom stereocenters. The van der Waals surface area contributed by atoms with E-state index in [0.29, 0.717) is 23.7 Å². The van der Waals surface area contributed by atoms with Gasteiger partial charge in [0.05, 0.1) is 12.8 Å². The Balaban J connectivity index is 1.58. The summed E-state index contributed by atoms with van der Waals surface area (Å²) in [6, 6.07) is 18.3. The van der Waals surface area contributed by atoms with Crippen LogP contribution in [0, 0.1) is 0 Å². The second kappa shape index (κ2) is 7.81. The fourth-order valence-electron chi connectivity index (χ4n) is 2.31. The topological polar surface area (TPSA) is 54.3 Å². The van der Waals surface area contributed by atoms with Gasteiger partial charge < -0.3 is 15.1 Å². The maximum absolute atomic E-state index is 12.2. The van der Waals surface area contributed by atoms with Crippen LogP contribution in [0.5, 0.6) is 0 Å². The lowest BCUT2D eigenvalue weighted by Crippen LogP contribution is -2.14. The SMILES string of the molecule is O=C(Nc1cccc(CNCc2ccco2)c1)c1ccc(Cl)cc1. The molecule has 0 aliphatic rings. The summed E-state index contributed by atoms with van der Waals surface area (Å²) in [6.45, 7) is 1.35. The van der Waals surface area contributed by atoms with Crippen molar-refractivity contribution >= 4 is 23.2 Å². The van der Waals surface area contributed by atoms with Crippen LogP contribution < -0.4 is 10.6 Å². The number of amides is 1. The zero-order chi connectivity index (χ0) is 16.8. The van der Waals surface area contributed by atoms with Crippen LogP contribution in [0.25, 0.3) is 0 Å². The molecule has 2 aromatic carbocycles. The molecule has 24 heavy (non-hydrogen) atoms. The van der Waals surface area contributed by atoms with E-state index >= 15 is 0 Å². The molecule has 5 heteroatoms. The maximum Gasteiger partial charge on any atom is 0.255 e. The molecule has 0 aliphatic carbocycles. The molecule has 0 fully saturated rings. The summed E-state index contributed by atoms with van der Waals surface area (Å²) in [4.78, 5) is 12.2. The molecule has 4 nitrogen and oxygen atoms in total. The van der Waals surface area contributed by atoms with Gasteiger partial charge in [-0.25, -0.2) is 0 Å². The number of hydrogen-bond donors (Lipinski definition) is 2. The Morgan fingerprint density at radius 1 is 1.00 bits per heavy atom. The van der Waals surface area contributed by atoms with Crippen molar-refractivity contribution in [1.82, 2.24) is 5.32 Å². The summed E-state index contributed by atoms with van der Waals surface area (Å²) in [5, 5.41) is 6.80. The standard InChI is InChI=1S/C19H17ClN2O2/c20-16-8-6-15(7-9-16)19(23)22-17-4-1-3-14(11-17)12-21-13-18-5-2-10-24-18/h1-11,21H,12-13H2,(H,22,23). The van der Waals surface area contributed by atoms with Crippen molar-refractivity contribution in [2.75, 3.05) is 5.32 Å². The average molecular weight is 341 g/mol. The normalized spacial score (nSPS) is 10.5. The van der Waals surface area contributed by atoms with Gasteiger partial charge >= 0.3 is 0 Å². The van der Waals surface area contributed by atoms with Gasteiger partial charge in [0, 0.05) is 22.8 Å². The van der Waals surface area contributed by atoms with Gasteiger partial charge in [-0.2, -0.15) is 0 Å². The first-order valence-corrected chi connectivity index (χ1v) is 7.97. The Morgan fingerprint density at radius 2 is 1.83 bits per heavy atom. The van der Waals surface area contributed by atoms with Gasteiger partial charge in [0.15, 0.2) is 0 Å². The zero-order valence-corrected chi connectivity index (χ0v) is 13.7. The number of anilines is 1. The minimum Gasteiger partial charge on any atom is -0.468 e. The highest BCUT2D eigenvalue weighted by Gasteiger charge is 2.06. The predicted molar refractivity (Wildman–Crippen MR) is 95.1 cm³/mol. The minimum atomic E-state index is -0.160.